The van der Waals surface area contributed by atoms with Crippen molar-refractivity contribution < 1.29 is 19.1 Å². The third kappa shape index (κ3) is 4.02. The summed E-state index contributed by atoms with van der Waals surface area (Å²) in [5.74, 6) is 0.884. The molecule has 7 heteroatoms. The van der Waals surface area contributed by atoms with E-state index in [0.717, 1.165) is 37.2 Å². The van der Waals surface area contributed by atoms with E-state index in [2.05, 4.69) is 0 Å². The first-order valence-electron chi connectivity index (χ1n) is 11.3. The number of likely N-dealkylation sites (tertiary alicyclic amines) is 3. The van der Waals surface area contributed by atoms with Crippen LogP contribution in [-0.4, -0.2) is 78.8 Å². The number of rotatable bonds is 5. The van der Waals surface area contributed by atoms with Crippen molar-refractivity contribution >= 4 is 17.7 Å². The zero-order valence-corrected chi connectivity index (χ0v) is 18.8. The smallest absolute Gasteiger partial charge is 0.232 e. The fraction of sp³-hybridized carbons (Fsp3) is 0.625. The molecular formula is C24H33N3O4. The van der Waals surface area contributed by atoms with Crippen molar-refractivity contribution in [1.82, 2.24) is 14.7 Å². The molecule has 0 unspecified atom stereocenters. The van der Waals surface area contributed by atoms with Crippen LogP contribution in [0.1, 0.15) is 32.3 Å². The minimum Gasteiger partial charge on any atom is -0.497 e. The standard InChI is InChI=1S/C24H33N3O4/c1-17(2)22(29)27-14-19-13-26(21(28)12-18-7-6-8-20(11-18)31-3)15-24(19,16-27)23(30)25-9-4-5-10-25/h6-8,11,17,19H,4-5,9-10,12-16H2,1-3H3/t19-,24-/m1/s1. The van der Waals surface area contributed by atoms with E-state index in [4.69, 9.17) is 4.74 Å². The van der Waals surface area contributed by atoms with Crippen molar-refractivity contribution in [3.05, 3.63) is 29.8 Å². The van der Waals surface area contributed by atoms with Gasteiger partial charge in [0.2, 0.25) is 17.7 Å². The van der Waals surface area contributed by atoms with Crippen molar-refractivity contribution in [1.29, 1.82) is 0 Å². The Labute approximate surface area is 184 Å². The summed E-state index contributed by atoms with van der Waals surface area (Å²) in [6, 6.07) is 7.54. The van der Waals surface area contributed by atoms with Crippen molar-refractivity contribution in [2.75, 3.05) is 46.4 Å². The average molecular weight is 428 g/mol. The number of hydrogen-bond donors (Lipinski definition) is 0. The Morgan fingerprint density at radius 3 is 2.42 bits per heavy atom. The Hall–Kier alpha value is -2.57. The molecule has 3 amide bonds. The summed E-state index contributed by atoms with van der Waals surface area (Å²) in [6.07, 6.45) is 2.34. The Bertz CT molecular complexity index is 864. The van der Waals surface area contributed by atoms with Crippen molar-refractivity contribution in [2.45, 2.75) is 33.1 Å². The van der Waals surface area contributed by atoms with Crippen LogP contribution in [0.2, 0.25) is 0 Å². The van der Waals surface area contributed by atoms with Gasteiger partial charge in [-0.2, -0.15) is 0 Å². The quantitative estimate of drug-likeness (QED) is 0.719. The number of amides is 3. The second-order valence-corrected chi connectivity index (χ2v) is 9.53. The maximum atomic E-state index is 13.6. The van der Waals surface area contributed by atoms with Crippen LogP contribution in [0.5, 0.6) is 5.75 Å². The number of carbonyl (C=O) groups excluding carboxylic acids is 3. The van der Waals surface area contributed by atoms with Crippen LogP contribution in [0, 0.1) is 17.3 Å². The number of nitrogens with zero attached hydrogens (tertiary/aromatic N) is 3. The number of hydrogen-bond acceptors (Lipinski definition) is 4. The van der Waals surface area contributed by atoms with E-state index in [9.17, 15) is 14.4 Å². The molecule has 3 heterocycles. The van der Waals surface area contributed by atoms with Crippen LogP contribution < -0.4 is 4.74 Å². The summed E-state index contributed by atoms with van der Waals surface area (Å²) in [6.45, 7) is 7.27. The van der Waals surface area contributed by atoms with E-state index in [1.54, 1.807) is 7.11 Å². The Kier molecular flexibility index (Phi) is 5.95. The lowest BCUT2D eigenvalue weighted by Gasteiger charge is -2.32. The highest BCUT2D eigenvalue weighted by Gasteiger charge is 2.60. The maximum Gasteiger partial charge on any atom is 0.232 e. The van der Waals surface area contributed by atoms with E-state index in [1.165, 1.54) is 0 Å². The molecule has 31 heavy (non-hydrogen) atoms. The summed E-state index contributed by atoms with van der Waals surface area (Å²) >= 11 is 0. The van der Waals surface area contributed by atoms with Crippen molar-refractivity contribution in [3.63, 3.8) is 0 Å². The summed E-state index contributed by atoms with van der Waals surface area (Å²) < 4.78 is 5.27. The maximum absolute atomic E-state index is 13.6. The second-order valence-electron chi connectivity index (χ2n) is 9.53. The topological polar surface area (TPSA) is 70.2 Å². The first-order chi connectivity index (χ1) is 14.8. The molecule has 0 spiro atoms. The number of carbonyl (C=O) groups is 3. The lowest BCUT2D eigenvalue weighted by Crippen LogP contribution is -2.49. The first kappa shape index (κ1) is 21.7. The third-order valence-corrected chi connectivity index (χ3v) is 7.08. The van der Waals surface area contributed by atoms with Crippen LogP contribution in [0.4, 0.5) is 0 Å². The number of ether oxygens (including phenoxy) is 1. The first-order valence-corrected chi connectivity index (χ1v) is 11.3. The van der Waals surface area contributed by atoms with Gasteiger partial charge in [0.1, 0.15) is 5.75 Å². The van der Waals surface area contributed by atoms with E-state index < -0.39 is 5.41 Å². The van der Waals surface area contributed by atoms with Gasteiger partial charge in [0, 0.05) is 51.1 Å². The summed E-state index contributed by atoms with van der Waals surface area (Å²) in [5.41, 5.74) is 0.233. The molecule has 3 fully saturated rings. The molecule has 3 aliphatic heterocycles. The molecule has 0 bridgehead atoms. The zero-order valence-electron chi connectivity index (χ0n) is 18.8. The largest absolute Gasteiger partial charge is 0.497 e. The molecule has 168 valence electrons. The molecule has 0 aromatic heterocycles. The fourth-order valence-corrected chi connectivity index (χ4v) is 5.39. The van der Waals surface area contributed by atoms with Crippen LogP contribution in [0.3, 0.4) is 0 Å². The fourth-order valence-electron chi connectivity index (χ4n) is 5.39. The molecule has 4 rings (SSSR count). The molecule has 2 atom stereocenters. The van der Waals surface area contributed by atoms with E-state index in [0.29, 0.717) is 26.2 Å². The molecule has 7 nitrogen and oxygen atoms in total. The molecule has 3 saturated heterocycles. The zero-order chi connectivity index (χ0) is 22.2. The summed E-state index contributed by atoms with van der Waals surface area (Å²) in [5, 5.41) is 0. The SMILES string of the molecule is COc1cccc(CC(=O)N2C[C@@H]3CN(C(=O)C(C)C)C[C@]3(C(=O)N3CCCC3)C2)c1. The predicted molar refractivity (Wildman–Crippen MR) is 116 cm³/mol. The number of benzene rings is 1. The van der Waals surface area contributed by atoms with Crippen LogP contribution in [-0.2, 0) is 20.8 Å². The van der Waals surface area contributed by atoms with Gasteiger partial charge in [-0.3, -0.25) is 14.4 Å². The highest BCUT2D eigenvalue weighted by atomic mass is 16.5. The molecule has 1 aromatic carbocycles. The monoisotopic (exact) mass is 427 g/mol. The van der Waals surface area contributed by atoms with Gasteiger partial charge in [-0.25, -0.2) is 0 Å². The summed E-state index contributed by atoms with van der Waals surface area (Å²) in [4.78, 5) is 45.1. The van der Waals surface area contributed by atoms with Gasteiger partial charge >= 0.3 is 0 Å². The molecule has 0 saturated carbocycles. The van der Waals surface area contributed by atoms with Gasteiger partial charge in [0.25, 0.3) is 0 Å². The minimum atomic E-state index is -0.668. The molecule has 0 N–H and O–H groups in total. The van der Waals surface area contributed by atoms with Gasteiger partial charge in [-0.1, -0.05) is 26.0 Å². The normalized spacial score (nSPS) is 25.3. The van der Waals surface area contributed by atoms with Crippen LogP contribution >= 0.6 is 0 Å². The lowest BCUT2D eigenvalue weighted by molar-refractivity contribution is -0.142. The van der Waals surface area contributed by atoms with E-state index in [-0.39, 0.29) is 36.0 Å². The highest BCUT2D eigenvalue weighted by molar-refractivity contribution is 5.89. The average Bonchev–Trinajstić information content (AvgIpc) is 3.47. The van der Waals surface area contributed by atoms with Gasteiger partial charge in [-0.15, -0.1) is 0 Å². The molecule has 0 radical (unpaired) electrons. The van der Waals surface area contributed by atoms with Gasteiger partial charge in [0.05, 0.1) is 18.9 Å². The van der Waals surface area contributed by atoms with Gasteiger partial charge < -0.3 is 19.4 Å². The number of methoxy groups -OCH3 is 1. The van der Waals surface area contributed by atoms with E-state index in [1.807, 2.05) is 52.8 Å². The Morgan fingerprint density at radius 1 is 1.06 bits per heavy atom. The minimum absolute atomic E-state index is 0.00226. The predicted octanol–water partition coefficient (Wildman–Crippen LogP) is 1.80. The molecule has 1 aromatic rings. The highest BCUT2D eigenvalue weighted by Crippen LogP contribution is 2.45. The molecular weight excluding hydrogens is 394 g/mol. The second kappa shape index (κ2) is 8.52. The van der Waals surface area contributed by atoms with Crippen LogP contribution in [0.15, 0.2) is 24.3 Å². The van der Waals surface area contributed by atoms with Crippen molar-refractivity contribution in [2.24, 2.45) is 17.3 Å². The van der Waals surface area contributed by atoms with Gasteiger partial charge in [0.15, 0.2) is 0 Å². The summed E-state index contributed by atoms with van der Waals surface area (Å²) in [7, 11) is 1.61. The lowest BCUT2D eigenvalue weighted by atomic mass is 9.79. The van der Waals surface area contributed by atoms with Crippen LogP contribution in [0.25, 0.3) is 0 Å². The van der Waals surface area contributed by atoms with Gasteiger partial charge in [-0.05, 0) is 30.5 Å². The van der Waals surface area contributed by atoms with Crippen molar-refractivity contribution in [3.8, 4) is 5.75 Å². The molecule has 3 aliphatic rings. The Morgan fingerprint density at radius 2 is 1.74 bits per heavy atom. The van der Waals surface area contributed by atoms with E-state index >= 15 is 0 Å². The molecule has 0 aliphatic carbocycles. The third-order valence-electron chi connectivity index (χ3n) is 7.08. The Balaban J connectivity index is 1.53. The number of fused-ring (bicyclic) bond motifs is 1.